The van der Waals surface area contributed by atoms with Gasteiger partial charge in [-0.1, -0.05) is 12.1 Å². The number of methoxy groups -OCH3 is 1. The third kappa shape index (κ3) is 3.78. The van der Waals surface area contributed by atoms with Crippen LogP contribution in [-0.2, 0) is 11.3 Å². The number of hydrogen-bond acceptors (Lipinski definition) is 4. The lowest BCUT2D eigenvalue weighted by atomic mass is 9.97. The zero-order valence-corrected chi connectivity index (χ0v) is 11.5. The van der Waals surface area contributed by atoms with E-state index in [-0.39, 0.29) is 11.6 Å². The van der Waals surface area contributed by atoms with E-state index in [0.717, 1.165) is 25.2 Å². The summed E-state index contributed by atoms with van der Waals surface area (Å²) in [5.74, 6) is 0. The fourth-order valence-corrected chi connectivity index (χ4v) is 1.88. The number of aromatic nitrogens is 3. The summed E-state index contributed by atoms with van der Waals surface area (Å²) in [6.07, 6.45) is 2.73. The van der Waals surface area contributed by atoms with Crippen molar-refractivity contribution in [2.45, 2.75) is 52.3 Å². The number of aryl methyl sites for hydroxylation is 1. The lowest BCUT2D eigenvalue weighted by Gasteiger charge is -2.29. The molecule has 0 aliphatic carbocycles. The summed E-state index contributed by atoms with van der Waals surface area (Å²) in [7, 11) is 1.75. The molecule has 1 N–H and O–H groups in total. The topological polar surface area (TPSA) is 52.0 Å². The minimum Gasteiger partial charge on any atom is -0.379 e. The van der Waals surface area contributed by atoms with Crippen molar-refractivity contribution in [3.8, 4) is 0 Å². The van der Waals surface area contributed by atoms with E-state index in [1.165, 1.54) is 0 Å². The number of hydrogen-bond donors (Lipinski definition) is 1. The van der Waals surface area contributed by atoms with E-state index in [2.05, 4.69) is 43.3 Å². The molecule has 98 valence electrons. The zero-order valence-electron chi connectivity index (χ0n) is 11.5. The largest absolute Gasteiger partial charge is 0.379 e. The van der Waals surface area contributed by atoms with Gasteiger partial charge >= 0.3 is 0 Å². The van der Waals surface area contributed by atoms with E-state index in [1.54, 1.807) is 7.11 Å². The van der Waals surface area contributed by atoms with Gasteiger partial charge < -0.3 is 10.1 Å². The summed E-state index contributed by atoms with van der Waals surface area (Å²) in [5.41, 5.74) is 0.967. The van der Waals surface area contributed by atoms with Crippen molar-refractivity contribution in [1.82, 2.24) is 20.3 Å². The molecule has 0 fully saturated rings. The average Bonchev–Trinajstić information content (AvgIpc) is 2.76. The highest BCUT2D eigenvalue weighted by atomic mass is 16.5. The minimum absolute atomic E-state index is 0.157. The minimum atomic E-state index is -0.157. The van der Waals surface area contributed by atoms with Gasteiger partial charge in [-0.2, -0.15) is 0 Å². The van der Waals surface area contributed by atoms with Crippen molar-refractivity contribution in [3.63, 3.8) is 0 Å². The summed E-state index contributed by atoms with van der Waals surface area (Å²) in [5, 5.41) is 11.5. The van der Waals surface area contributed by atoms with Gasteiger partial charge in [0, 0.05) is 13.7 Å². The van der Waals surface area contributed by atoms with E-state index in [4.69, 9.17) is 4.74 Å². The first-order valence-corrected chi connectivity index (χ1v) is 6.21. The molecule has 1 aromatic heterocycles. The molecule has 1 atom stereocenters. The molecule has 0 spiro atoms. The molecule has 1 unspecified atom stereocenters. The Morgan fingerprint density at radius 1 is 1.47 bits per heavy atom. The summed E-state index contributed by atoms with van der Waals surface area (Å²) < 4.78 is 7.43. The summed E-state index contributed by atoms with van der Waals surface area (Å²) in [4.78, 5) is 0. The van der Waals surface area contributed by atoms with Gasteiger partial charge in [0.05, 0.1) is 23.5 Å². The maximum Gasteiger partial charge on any atom is 0.0757 e. The third-order valence-electron chi connectivity index (χ3n) is 3.00. The van der Waals surface area contributed by atoms with Crippen LogP contribution in [0, 0.1) is 0 Å². The number of rotatable bonds is 7. The molecule has 1 aromatic rings. The zero-order chi connectivity index (χ0) is 12.9. The van der Waals surface area contributed by atoms with E-state index in [9.17, 15) is 0 Å². The number of nitrogens with zero attached hydrogens (tertiary/aromatic N) is 3. The van der Waals surface area contributed by atoms with Gasteiger partial charge in [-0.15, -0.1) is 5.10 Å². The Morgan fingerprint density at radius 3 is 2.71 bits per heavy atom. The van der Waals surface area contributed by atoms with E-state index < -0.39 is 0 Å². The molecule has 0 saturated heterocycles. The molecule has 5 heteroatoms. The Morgan fingerprint density at radius 2 is 2.18 bits per heavy atom. The second kappa shape index (κ2) is 6.12. The van der Waals surface area contributed by atoms with Crippen LogP contribution >= 0.6 is 0 Å². The molecule has 17 heavy (non-hydrogen) atoms. The normalized spacial score (nSPS) is 13.9. The molecule has 1 rings (SSSR count). The van der Waals surface area contributed by atoms with Crippen LogP contribution in [0.3, 0.4) is 0 Å². The summed E-state index contributed by atoms with van der Waals surface area (Å²) >= 11 is 0. The Balaban J connectivity index is 2.85. The highest BCUT2D eigenvalue weighted by molar-refractivity contribution is 5.04. The van der Waals surface area contributed by atoms with Crippen LogP contribution in [0.2, 0.25) is 0 Å². The maximum atomic E-state index is 5.50. The van der Waals surface area contributed by atoms with Gasteiger partial charge in [-0.05, 0) is 33.7 Å². The van der Waals surface area contributed by atoms with Crippen molar-refractivity contribution >= 4 is 0 Å². The van der Waals surface area contributed by atoms with Crippen LogP contribution < -0.4 is 5.32 Å². The Kier molecular flexibility index (Phi) is 5.08. The molecule has 0 bridgehead atoms. The second-order valence-corrected chi connectivity index (χ2v) is 4.75. The number of nitrogens with one attached hydrogen (secondary N) is 1. The van der Waals surface area contributed by atoms with E-state index >= 15 is 0 Å². The van der Waals surface area contributed by atoms with Gasteiger partial charge in [0.25, 0.3) is 0 Å². The fraction of sp³-hybridized carbons (Fsp3) is 0.833. The van der Waals surface area contributed by atoms with Gasteiger partial charge in [0.2, 0.25) is 0 Å². The van der Waals surface area contributed by atoms with Gasteiger partial charge in [0.15, 0.2) is 0 Å². The first-order valence-electron chi connectivity index (χ1n) is 6.21. The van der Waals surface area contributed by atoms with Crippen molar-refractivity contribution in [2.24, 2.45) is 0 Å². The van der Waals surface area contributed by atoms with Crippen LogP contribution in [0.1, 0.15) is 45.9 Å². The second-order valence-electron chi connectivity index (χ2n) is 4.75. The highest BCUT2D eigenvalue weighted by Crippen LogP contribution is 2.25. The molecule has 0 aliphatic heterocycles. The Hall–Kier alpha value is -0.940. The SMILES string of the molecule is CCNC(CC(C)(C)OC)c1cnnn1CC. The lowest BCUT2D eigenvalue weighted by Crippen LogP contribution is -2.33. The smallest absolute Gasteiger partial charge is 0.0757 e. The van der Waals surface area contributed by atoms with Gasteiger partial charge in [-0.3, -0.25) is 0 Å². The predicted octanol–water partition coefficient (Wildman–Crippen LogP) is 1.76. The first-order chi connectivity index (χ1) is 8.04. The quantitative estimate of drug-likeness (QED) is 0.789. The van der Waals surface area contributed by atoms with Crippen LogP contribution in [-0.4, -0.2) is 34.2 Å². The van der Waals surface area contributed by atoms with Crippen LogP contribution in [0.15, 0.2) is 6.20 Å². The molecule has 0 amide bonds. The van der Waals surface area contributed by atoms with Crippen molar-refractivity contribution in [1.29, 1.82) is 0 Å². The highest BCUT2D eigenvalue weighted by Gasteiger charge is 2.25. The van der Waals surface area contributed by atoms with E-state index in [1.807, 2.05) is 10.9 Å². The summed E-state index contributed by atoms with van der Waals surface area (Å²) in [6, 6.07) is 0.227. The molecule has 0 saturated carbocycles. The van der Waals surface area contributed by atoms with Crippen molar-refractivity contribution < 1.29 is 4.74 Å². The van der Waals surface area contributed by atoms with Crippen LogP contribution in [0.5, 0.6) is 0 Å². The van der Waals surface area contributed by atoms with Gasteiger partial charge in [-0.25, -0.2) is 4.68 Å². The predicted molar refractivity (Wildman–Crippen MR) is 67.8 cm³/mol. The third-order valence-corrected chi connectivity index (χ3v) is 3.00. The van der Waals surface area contributed by atoms with Crippen molar-refractivity contribution in [3.05, 3.63) is 11.9 Å². The average molecular weight is 240 g/mol. The summed E-state index contributed by atoms with van der Waals surface area (Å²) in [6.45, 7) is 10.1. The fourth-order valence-electron chi connectivity index (χ4n) is 1.88. The van der Waals surface area contributed by atoms with Crippen LogP contribution in [0.25, 0.3) is 0 Å². The van der Waals surface area contributed by atoms with Gasteiger partial charge in [0.1, 0.15) is 0 Å². The Labute approximate surface area is 104 Å². The molecule has 0 aliphatic rings. The van der Waals surface area contributed by atoms with Crippen LogP contribution in [0.4, 0.5) is 0 Å². The molecular weight excluding hydrogens is 216 g/mol. The maximum absolute atomic E-state index is 5.50. The molecule has 0 aromatic carbocycles. The first kappa shape index (κ1) is 14.1. The molecule has 1 heterocycles. The van der Waals surface area contributed by atoms with Crippen molar-refractivity contribution in [2.75, 3.05) is 13.7 Å². The lowest BCUT2D eigenvalue weighted by molar-refractivity contribution is 0.00627. The molecular formula is C12H24N4O. The number of ether oxygens (including phenoxy) is 1. The standard InChI is InChI=1S/C12H24N4O/c1-6-13-10(8-12(3,4)17-5)11-9-14-15-16(11)7-2/h9-10,13H,6-8H2,1-5H3. The van der Waals surface area contributed by atoms with E-state index in [0.29, 0.717) is 0 Å². The Bertz CT molecular complexity index is 335. The monoisotopic (exact) mass is 240 g/mol. The molecule has 5 nitrogen and oxygen atoms in total. The molecule has 0 radical (unpaired) electrons.